The largest absolute Gasteiger partial charge is 0.380 e. The Balaban J connectivity index is 2.20. The molecule has 0 aromatic heterocycles. The summed E-state index contributed by atoms with van der Waals surface area (Å²) < 4.78 is 5.29. The highest BCUT2D eigenvalue weighted by Gasteiger charge is 1.99. The van der Waals surface area contributed by atoms with Gasteiger partial charge >= 0.3 is 0 Å². The average molecular weight is 306 g/mol. The van der Waals surface area contributed by atoms with E-state index >= 15 is 0 Å². The number of aryl methyl sites for hydroxylation is 1. The highest BCUT2D eigenvalue weighted by molar-refractivity contribution is 5.79. The molecule has 0 saturated heterocycles. The number of ether oxygens (including phenoxy) is 1. The van der Waals surface area contributed by atoms with Gasteiger partial charge in [0, 0.05) is 46.5 Å². The molecule has 0 radical (unpaired) electrons. The summed E-state index contributed by atoms with van der Waals surface area (Å²) in [6.45, 7) is 5.14. The van der Waals surface area contributed by atoms with Crippen LogP contribution in [-0.4, -0.2) is 53.4 Å². The lowest BCUT2D eigenvalue weighted by Gasteiger charge is -2.13. The first-order valence-electron chi connectivity index (χ1n) is 7.96. The van der Waals surface area contributed by atoms with E-state index in [1.807, 2.05) is 6.92 Å². The number of benzene rings is 1. The van der Waals surface area contributed by atoms with Gasteiger partial charge in [-0.15, -0.1) is 0 Å². The molecule has 2 N–H and O–H groups in total. The maximum absolute atomic E-state index is 5.29. The van der Waals surface area contributed by atoms with Gasteiger partial charge < -0.3 is 20.3 Å². The van der Waals surface area contributed by atoms with Crippen molar-refractivity contribution in [2.75, 3.05) is 52.3 Å². The molecule has 0 amide bonds. The summed E-state index contributed by atoms with van der Waals surface area (Å²) in [5.74, 6) is 0.836. The molecule has 22 heavy (non-hydrogen) atoms. The van der Waals surface area contributed by atoms with Crippen LogP contribution in [0.15, 0.2) is 29.3 Å². The Morgan fingerprint density at radius 2 is 1.82 bits per heavy atom. The van der Waals surface area contributed by atoms with Crippen molar-refractivity contribution >= 4 is 11.6 Å². The summed E-state index contributed by atoms with van der Waals surface area (Å²) in [6, 6.07) is 8.73. The fraction of sp³-hybridized carbons (Fsp3) is 0.588. The Morgan fingerprint density at radius 3 is 2.41 bits per heavy atom. The second-order valence-electron chi connectivity index (χ2n) is 5.29. The van der Waals surface area contributed by atoms with Gasteiger partial charge in [0.25, 0.3) is 0 Å². The van der Waals surface area contributed by atoms with Gasteiger partial charge in [-0.05, 0) is 37.5 Å². The van der Waals surface area contributed by atoms with E-state index in [9.17, 15) is 0 Å². The molecule has 0 heterocycles. The van der Waals surface area contributed by atoms with Gasteiger partial charge in [-0.2, -0.15) is 0 Å². The molecule has 0 aliphatic carbocycles. The average Bonchev–Trinajstić information content (AvgIpc) is 2.53. The molecule has 1 aromatic carbocycles. The molecule has 0 atom stereocenters. The number of hydrogen-bond acceptors (Lipinski definition) is 3. The Bertz CT molecular complexity index is 429. The minimum atomic E-state index is 0.704. The zero-order valence-corrected chi connectivity index (χ0v) is 14.4. The molecule has 0 spiro atoms. The van der Waals surface area contributed by atoms with Gasteiger partial charge in [0.2, 0.25) is 0 Å². The maximum atomic E-state index is 5.29. The van der Waals surface area contributed by atoms with Crippen molar-refractivity contribution in [2.24, 2.45) is 4.99 Å². The smallest absolute Gasteiger partial charge is 0.191 e. The molecule has 5 nitrogen and oxygen atoms in total. The minimum absolute atomic E-state index is 0.704. The van der Waals surface area contributed by atoms with Crippen LogP contribution < -0.4 is 15.5 Å². The summed E-state index contributed by atoms with van der Waals surface area (Å²) in [6.07, 6.45) is 2.14. The normalized spacial score (nSPS) is 11.4. The van der Waals surface area contributed by atoms with Crippen LogP contribution in [0.3, 0.4) is 0 Å². The molecule has 124 valence electrons. The van der Waals surface area contributed by atoms with Crippen molar-refractivity contribution in [1.82, 2.24) is 10.6 Å². The van der Waals surface area contributed by atoms with Gasteiger partial charge in [-0.25, -0.2) is 0 Å². The molecule has 1 rings (SSSR count). The lowest BCUT2D eigenvalue weighted by atomic mass is 10.1. The molecular formula is C17H30N4O. The van der Waals surface area contributed by atoms with Crippen LogP contribution in [0.2, 0.25) is 0 Å². The van der Waals surface area contributed by atoms with Crippen molar-refractivity contribution in [3.63, 3.8) is 0 Å². The van der Waals surface area contributed by atoms with Crippen molar-refractivity contribution in [1.29, 1.82) is 0 Å². The van der Waals surface area contributed by atoms with E-state index in [4.69, 9.17) is 4.74 Å². The molecule has 0 aliphatic heterocycles. The number of nitrogens with one attached hydrogen (secondary N) is 2. The van der Waals surface area contributed by atoms with Crippen molar-refractivity contribution in [2.45, 2.75) is 19.8 Å². The molecule has 0 fully saturated rings. The highest BCUT2D eigenvalue weighted by atomic mass is 16.5. The van der Waals surface area contributed by atoms with Crippen LogP contribution in [0.25, 0.3) is 0 Å². The number of anilines is 1. The van der Waals surface area contributed by atoms with Crippen molar-refractivity contribution in [3.05, 3.63) is 29.8 Å². The second kappa shape index (κ2) is 10.9. The first-order valence-corrected chi connectivity index (χ1v) is 7.96. The van der Waals surface area contributed by atoms with Crippen molar-refractivity contribution < 1.29 is 4.74 Å². The molecule has 0 bridgehead atoms. The zero-order valence-electron chi connectivity index (χ0n) is 14.4. The minimum Gasteiger partial charge on any atom is -0.380 e. The summed E-state index contributed by atoms with van der Waals surface area (Å²) >= 11 is 0. The number of aliphatic imine (C=N–C) groups is 1. The molecule has 0 aliphatic rings. The molecule has 1 aromatic rings. The van der Waals surface area contributed by atoms with Gasteiger partial charge in [0.15, 0.2) is 5.96 Å². The van der Waals surface area contributed by atoms with Gasteiger partial charge in [0.05, 0.1) is 6.61 Å². The summed E-state index contributed by atoms with van der Waals surface area (Å²) in [5, 5.41) is 6.55. The van der Waals surface area contributed by atoms with E-state index in [0.29, 0.717) is 6.61 Å². The van der Waals surface area contributed by atoms with Crippen LogP contribution in [0.4, 0.5) is 5.69 Å². The third-order valence-corrected chi connectivity index (χ3v) is 3.35. The summed E-state index contributed by atoms with van der Waals surface area (Å²) in [7, 11) is 5.90. The van der Waals surface area contributed by atoms with Crippen LogP contribution in [-0.2, 0) is 11.2 Å². The van der Waals surface area contributed by atoms with E-state index < -0.39 is 0 Å². The SMILES string of the molecule is CCOCCNC(=NC)NCCCc1ccc(N(C)C)cc1. The zero-order chi connectivity index (χ0) is 16.2. The van der Waals surface area contributed by atoms with Crippen LogP contribution >= 0.6 is 0 Å². The first-order chi connectivity index (χ1) is 10.7. The monoisotopic (exact) mass is 306 g/mol. The predicted octanol–water partition coefficient (Wildman–Crippen LogP) is 1.89. The Kier molecular flexibility index (Phi) is 9.07. The van der Waals surface area contributed by atoms with Gasteiger partial charge in [0.1, 0.15) is 0 Å². The third-order valence-electron chi connectivity index (χ3n) is 3.35. The quantitative estimate of drug-likeness (QED) is 0.415. The fourth-order valence-electron chi connectivity index (χ4n) is 2.07. The van der Waals surface area contributed by atoms with E-state index in [1.54, 1.807) is 7.05 Å². The Hall–Kier alpha value is -1.75. The fourth-order valence-corrected chi connectivity index (χ4v) is 2.07. The highest BCUT2D eigenvalue weighted by Crippen LogP contribution is 2.13. The Labute approximate surface area is 134 Å². The lowest BCUT2D eigenvalue weighted by molar-refractivity contribution is 0.152. The van der Waals surface area contributed by atoms with Gasteiger partial charge in [-0.3, -0.25) is 4.99 Å². The van der Waals surface area contributed by atoms with Crippen molar-refractivity contribution in [3.8, 4) is 0 Å². The van der Waals surface area contributed by atoms with Gasteiger partial charge in [-0.1, -0.05) is 12.1 Å². The standard InChI is InChI=1S/C17H30N4O/c1-5-22-14-13-20-17(18-2)19-12-6-7-15-8-10-16(11-9-15)21(3)4/h8-11H,5-7,12-14H2,1-4H3,(H2,18,19,20). The molecule has 0 unspecified atom stereocenters. The third kappa shape index (κ3) is 7.31. The maximum Gasteiger partial charge on any atom is 0.191 e. The van der Waals surface area contributed by atoms with E-state index in [0.717, 1.165) is 38.5 Å². The molecule has 5 heteroatoms. The first kappa shape index (κ1) is 18.3. The lowest BCUT2D eigenvalue weighted by Crippen LogP contribution is -2.39. The number of guanidine groups is 1. The van der Waals surface area contributed by atoms with E-state index in [-0.39, 0.29) is 0 Å². The Morgan fingerprint density at radius 1 is 1.14 bits per heavy atom. The summed E-state index contributed by atoms with van der Waals surface area (Å²) in [5.41, 5.74) is 2.60. The number of rotatable bonds is 9. The van der Waals surface area contributed by atoms with Crippen LogP contribution in [0, 0.1) is 0 Å². The second-order valence-corrected chi connectivity index (χ2v) is 5.29. The van der Waals surface area contributed by atoms with E-state index in [1.165, 1.54) is 11.3 Å². The summed E-state index contributed by atoms with van der Waals surface area (Å²) in [4.78, 5) is 6.31. The number of hydrogen-bond donors (Lipinski definition) is 2. The van der Waals surface area contributed by atoms with E-state index in [2.05, 4.69) is 58.9 Å². The predicted molar refractivity (Wildman–Crippen MR) is 94.9 cm³/mol. The molecular weight excluding hydrogens is 276 g/mol. The molecule has 0 saturated carbocycles. The van der Waals surface area contributed by atoms with Crippen LogP contribution in [0.5, 0.6) is 0 Å². The number of nitrogens with zero attached hydrogens (tertiary/aromatic N) is 2. The topological polar surface area (TPSA) is 48.9 Å². The van der Waals surface area contributed by atoms with Crippen LogP contribution in [0.1, 0.15) is 18.9 Å².